The zero-order valence-electron chi connectivity index (χ0n) is 10.4. The normalized spacial score (nSPS) is 9.33. The summed E-state index contributed by atoms with van der Waals surface area (Å²) in [4.78, 5) is 13.2. The van der Waals surface area contributed by atoms with E-state index in [9.17, 15) is 4.79 Å². The van der Waals surface area contributed by atoms with E-state index < -0.39 is 0 Å². The number of H-pyrrole nitrogens is 1. The Morgan fingerprint density at radius 1 is 1.13 bits per heavy atom. The predicted molar refractivity (Wildman–Crippen MR) is 68.5 cm³/mol. The molecule has 0 aliphatic carbocycles. The summed E-state index contributed by atoms with van der Waals surface area (Å²) in [5, 5.41) is 0. The monoisotopic (exact) mass is 211 g/mol. The molecule has 0 saturated carbocycles. The van der Waals surface area contributed by atoms with Gasteiger partial charge in [-0.3, -0.25) is 4.79 Å². The van der Waals surface area contributed by atoms with E-state index in [4.69, 9.17) is 0 Å². The van der Waals surface area contributed by atoms with Crippen LogP contribution in [-0.4, -0.2) is 4.98 Å². The van der Waals surface area contributed by atoms with Gasteiger partial charge in [0.05, 0.1) is 0 Å². The van der Waals surface area contributed by atoms with E-state index in [1.165, 1.54) is 25.7 Å². The maximum atomic E-state index is 10.6. The molecule has 0 spiro atoms. The van der Waals surface area contributed by atoms with Crippen molar-refractivity contribution in [1.82, 2.24) is 4.98 Å². The highest BCUT2D eigenvalue weighted by Gasteiger charge is 1.89. The van der Waals surface area contributed by atoms with Crippen molar-refractivity contribution in [3.63, 3.8) is 0 Å². The second-order valence-electron chi connectivity index (χ2n) is 3.87. The third-order valence-corrected chi connectivity index (χ3v) is 2.36. The molecule has 0 fully saturated rings. The summed E-state index contributed by atoms with van der Waals surface area (Å²) in [5.41, 5.74) is 2.13. The van der Waals surface area contributed by atoms with E-state index in [0.29, 0.717) is 0 Å². The van der Waals surface area contributed by atoms with Gasteiger partial charge in [-0.15, -0.1) is 0 Å². The standard InChI is InChI=1S/C7H9NO.C6H14.H2/c1-5-3-7(9)8-4-6(5)2;1-3-5-6-4-2;/h3-4H,1-2H3,(H,8,9);3-6H2,1-2H3;1H. The molecule has 88 valence electrons. The molecule has 2 heteroatoms. The number of nitrogens with one attached hydrogen (secondary N) is 1. The Labute approximate surface area is 94.2 Å². The van der Waals surface area contributed by atoms with E-state index in [0.717, 1.165) is 11.1 Å². The minimum Gasteiger partial charge on any atom is -0.329 e. The highest BCUT2D eigenvalue weighted by molar-refractivity contribution is 5.18. The summed E-state index contributed by atoms with van der Waals surface area (Å²) in [6, 6.07) is 1.59. The van der Waals surface area contributed by atoms with Gasteiger partial charge in [0.1, 0.15) is 0 Å². The third kappa shape index (κ3) is 6.95. The average Bonchev–Trinajstić information content (AvgIpc) is 2.22. The molecule has 0 amide bonds. The van der Waals surface area contributed by atoms with Crippen molar-refractivity contribution in [1.29, 1.82) is 0 Å². The molecule has 1 rings (SSSR count). The molecule has 0 radical (unpaired) electrons. The largest absolute Gasteiger partial charge is 0.329 e. The van der Waals surface area contributed by atoms with E-state index in [1.807, 2.05) is 13.8 Å². The van der Waals surface area contributed by atoms with Crippen LogP contribution < -0.4 is 5.56 Å². The number of rotatable bonds is 3. The topological polar surface area (TPSA) is 32.9 Å². The molecule has 1 N–H and O–H groups in total. The fraction of sp³-hybridized carbons (Fsp3) is 0.615. The first-order valence-electron chi connectivity index (χ1n) is 5.77. The quantitative estimate of drug-likeness (QED) is 0.757. The summed E-state index contributed by atoms with van der Waals surface area (Å²) < 4.78 is 0. The molecular weight excluding hydrogens is 186 g/mol. The van der Waals surface area contributed by atoms with Crippen LogP contribution in [0.2, 0.25) is 0 Å². The van der Waals surface area contributed by atoms with Gasteiger partial charge in [0.2, 0.25) is 5.56 Å². The van der Waals surface area contributed by atoms with Gasteiger partial charge in [0.15, 0.2) is 0 Å². The smallest absolute Gasteiger partial charge is 0.248 e. The lowest BCUT2D eigenvalue weighted by Crippen LogP contribution is -2.03. The molecule has 0 aromatic carbocycles. The van der Waals surface area contributed by atoms with Gasteiger partial charge >= 0.3 is 0 Å². The molecule has 0 bridgehead atoms. The van der Waals surface area contributed by atoms with Crippen LogP contribution >= 0.6 is 0 Å². The second kappa shape index (κ2) is 8.27. The first-order valence-corrected chi connectivity index (χ1v) is 5.77. The van der Waals surface area contributed by atoms with Crippen LogP contribution in [0.3, 0.4) is 0 Å². The highest BCUT2D eigenvalue weighted by Crippen LogP contribution is 1.97. The zero-order valence-corrected chi connectivity index (χ0v) is 10.4. The average molecular weight is 211 g/mol. The van der Waals surface area contributed by atoms with E-state index in [1.54, 1.807) is 12.3 Å². The first kappa shape index (κ1) is 13.9. The Morgan fingerprint density at radius 3 is 2.00 bits per heavy atom. The van der Waals surface area contributed by atoms with Gasteiger partial charge in [-0.1, -0.05) is 39.5 Å². The Bertz CT molecular complexity index is 316. The maximum absolute atomic E-state index is 10.6. The Kier molecular flexibility index (Phi) is 7.69. The summed E-state index contributed by atoms with van der Waals surface area (Å²) in [5.74, 6) is 0. The van der Waals surface area contributed by atoms with Crippen LogP contribution in [0, 0.1) is 13.8 Å². The van der Waals surface area contributed by atoms with Crippen LogP contribution in [0.25, 0.3) is 0 Å². The molecule has 1 heterocycles. The van der Waals surface area contributed by atoms with Gasteiger partial charge in [-0.2, -0.15) is 0 Å². The summed E-state index contributed by atoms with van der Waals surface area (Å²) in [6.45, 7) is 8.35. The first-order chi connectivity index (χ1) is 7.11. The molecule has 0 aliphatic rings. The Morgan fingerprint density at radius 2 is 1.67 bits per heavy atom. The lowest BCUT2D eigenvalue weighted by atomic mass is 10.2. The molecule has 1 aromatic heterocycles. The molecular formula is C13H25NO. The van der Waals surface area contributed by atoms with Gasteiger partial charge < -0.3 is 4.98 Å². The van der Waals surface area contributed by atoms with Crippen LogP contribution in [0.1, 0.15) is 52.1 Å². The van der Waals surface area contributed by atoms with Crippen molar-refractivity contribution >= 4 is 0 Å². The molecule has 0 saturated heterocycles. The van der Waals surface area contributed by atoms with Crippen LogP contribution in [0.5, 0.6) is 0 Å². The Balaban J connectivity index is 0. The Hall–Kier alpha value is -1.05. The summed E-state index contributed by atoms with van der Waals surface area (Å²) >= 11 is 0. The van der Waals surface area contributed by atoms with Gasteiger partial charge in [0.25, 0.3) is 0 Å². The third-order valence-electron chi connectivity index (χ3n) is 2.36. The molecule has 0 atom stereocenters. The van der Waals surface area contributed by atoms with Crippen molar-refractivity contribution in [3.05, 3.63) is 33.7 Å². The number of hydrogen-bond donors (Lipinski definition) is 1. The minimum atomic E-state index is -0.0295. The fourth-order valence-electron chi connectivity index (χ4n) is 1.15. The van der Waals surface area contributed by atoms with Crippen LogP contribution in [0.15, 0.2) is 17.1 Å². The van der Waals surface area contributed by atoms with Gasteiger partial charge in [0, 0.05) is 13.7 Å². The predicted octanol–water partition coefficient (Wildman–Crippen LogP) is 3.82. The van der Waals surface area contributed by atoms with E-state index >= 15 is 0 Å². The number of aromatic nitrogens is 1. The SMILES string of the molecule is CCCCCC.Cc1c[nH]c(=O)cc1C.[HH]. The fourth-order valence-corrected chi connectivity index (χ4v) is 1.15. The minimum absolute atomic E-state index is 0. The number of hydrogen-bond acceptors (Lipinski definition) is 1. The van der Waals surface area contributed by atoms with Crippen molar-refractivity contribution in [2.45, 2.75) is 53.4 Å². The van der Waals surface area contributed by atoms with E-state index in [2.05, 4.69) is 18.8 Å². The van der Waals surface area contributed by atoms with Crippen LogP contribution in [0.4, 0.5) is 0 Å². The molecule has 2 nitrogen and oxygen atoms in total. The lowest BCUT2D eigenvalue weighted by Gasteiger charge is -1.93. The maximum Gasteiger partial charge on any atom is 0.248 e. The van der Waals surface area contributed by atoms with Gasteiger partial charge in [-0.05, 0) is 25.0 Å². The van der Waals surface area contributed by atoms with Gasteiger partial charge in [-0.25, -0.2) is 0 Å². The molecule has 0 unspecified atom stereocenters. The van der Waals surface area contributed by atoms with Crippen molar-refractivity contribution in [2.75, 3.05) is 0 Å². The van der Waals surface area contributed by atoms with Crippen molar-refractivity contribution in [2.24, 2.45) is 0 Å². The summed E-state index contributed by atoms with van der Waals surface area (Å²) in [7, 11) is 0. The molecule has 0 aliphatic heterocycles. The number of aromatic amines is 1. The number of aryl methyl sites for hydroxylation is 2. The molecule has 1 aromatic rings. The van der Waals surface area contributed by atoms with E-state index in [-0.39, 0.29) is 6.99 Å². The van der Waals surface area contributed by atoms with Crippen molar-refractivity contribution < 1.29 is 1.43 Å². The van der Waals surface area contributed by atoms with Crippen molar-refractivity contribution in [3.8, 4) is 0 Å². The number of unbranched alkanes of at least 4 members (excludes halogenated alkanes) is 3. The highest BCUT2D eigenvalue weighted by atomic mass is 16.1. The lowest BCUT2D eigenvalue weighted by molar-refractivity contribution is 0.702. The molecule has 15 heavy (non-hydrogen) atoms. The summed E-state index contributed by atoms with van der Waals surface area (Å²) in [6.07, 6.45) is 7.26. The zero-order chi connectivity index (χ0) is 11.7. The second-order valence-corrected chi connectivity index (χ2v) is 3.87. The number of pyridine rings is 1. The van der Waals surface area contributed by atoms with Crippen LogP contribution in [-0.2, 0) is 0 Å².